The Morgan fingerprint density at radius 3 is 2.70 bits per heavy atom. The van der Waals surface area contributed by atoms with E-state index in [1.807, 2.05) is 13.8 Å². The van der Waals surface area contributed by atoms with Gasteiger partial charge < -0.3 is 15.7 Å². The summed E-state index contributed by atoms with van der Waals surface area (Å²) in [6.45, 7) is 6.03. The number of carbonyl (C=O) groups excluding carboxylic acids is 1. The maximum Gasteiger partial charge on any atom is 0.319 e. The number of amides is 2. The average Bonchev–Trinajstić information content (AvgIpc) is 2.30. The zero-order chi connectivity index (χ0) is 15.3. The smallest absolute Gasteiger partial charge is 0.319 e. The van der Waals surface area contributed by atoms with E-state index in [0.717, 1.165) is 0 Å². The van der Waals surface area contributed by atoms with Crippen LogP contribution in [0.4, 0.5) is 14.9 Å². The Bertz CT molecular complexity index is 478. The molecule has 20 heavy (non-hydrogen) atoms. The average molecular weight is 303 g/mol. The quantitative estimate of drug-likeness (QED) is 0.780. The molecular formula is C14H20ClFN2O2. The number of rotatable bonds is 5. The minimum Gasteiger partial charge on any atom is -0.393 e. The summed E-state index contributed by atoms with van der Waals surface area (Å²) < 4.78 is 13.0. The number of benzene rings is 1. The molecule has 0 bridgehead atoms. The zero-order valence-electron chi connectivity index (χ0n) is 11.8. The van der Waals surface area contributed by atoms with Gasteiger partial charge >= 0.3 is 6.03 Å². The van der Waals surface area contributed by atoms with E-state index in [4.69, 9.17) is 11.6 Å². The molecule has 0 saturated heterocycles. The molecule has 0 fully saturated rings. The zero-order valence-corrected chi connectivity index (χ0v) is 12.6. The number of aliphatic hydroxyl groups excluding tert-OH is 1. The Kier molecular flexibility index (Phi) is 5.77. The van der Waals surface area contributed by atoms with Gasteiger partial charge in [-0.2, -0.15) is 0 Å². The Hall–Kier alpha value is -1.33. The second-order valence-corrected chi connectivity index (χ2v) is 6.06. The van der Waals surface area contributed by atoms with Gasteiger partial charge in [-0.3, -0.25) is 0 Å². The standard InChI is InChI=1S/C14H20ClFN2O2/c1-9(19)7-14(2,3)8-17-13(20)18-10-4-5-12(16)11(15)6-10/h4-6,9,19H,7-8H2,1-3H3,(H2,17,18,20). The summed E-state index contributed by atoms with van der Waals surface area (Å²) in [4.78, 5) is 11.7. The number of halogens is 2. The van der Waals surface area contributed by atoms with Crippen molar-refractivity contribution in [3.05, 3.63) is 29.0 Å². The predicted molar refractivity (Wildman–Crippen MR) is 78.5 cm³/mol. The van der Waals surface area contributed by atoms with Gasteiger partial charge in [0.15, 0.2) is 0 Å². The number of urea groups is 1. The van der Waals surface area contributed by atoms with Crippen molar-refractivity contribution in [3.8, 4) is 0 Å². The number of anilines is 1. The van der Waals surface area contributed by atoms with E-state index in [-0.39, 0.29) is 10.4 Å². The first kappa shape index (κ1) is 16.7. The van der Waals surface area contributed by atoms with Gasteiger partial charge in [-0.15, -0.1) is 0 Å². The summed E-state index contributed by atoms with van der Waals surface area (Å²) in [7, 11) is 0. The molecule has 0 aliphatic heterocycles. The highest BCUT2D eigenvalue weighted by atomic mass is 35.5. The van der Waals surface area contributed by atoms with E-state index < -0.39 is 18.0 Å². The Labute approximate surface area is 123 Å². The third-order valence-electron chi connectivity index (χ3n) is 2.75. The van der Waals surface area contributed by atoms with Gasteiger partial charge in [-0.25, -0.2) is 9.18 Å². The molecule has 0 radical (unpaired) electrons. The summed E-state index contributed by atoms with van der Waals surface area (Å²) in [5.41, 5.74) is 0.202. The molecule has 3 N–H and O–H groups in total. The van der Waals surface area contributed by atoms with E-state index in [1.54, 1.807) is 6.92 Å². The molecule has 1 aromatic rings. The SMILES string of the molecule is CC(O)CC(C)(C)CNC(=O)Nc1ccc(F)c(Cl)c1. The maximum atomic E-state index is 13.0. The Morgan fingerprint density at radius 1 is 1.50 bits per heavy atom. The lowest BCUT2D eigenvalue weighted by atomic mass is 9.87. The fourth-order valence-electron chi connectivity index (χ4n) is 1.94. The molecule has 0 saturated carbocycles. The summed E-state index contributed by atoms with van der Waals surface area (Å²) in [6.07, 6.45) is 0.154. The molecule has 6 heteroatoms. The summed E-state index contributed by atoms with van der Waals surface area (Å²) in [5.74, 6) is -0.532. The molecule has 112 valence electrons. The predicted octanol–water partition coefficient (Wildman–Crippen LogP) is 3.40. The van der Waals surface area contributed by atoms with Gasteiger partial charge in [0.25, 0.3) is 0 Å². The minimum absolute atomic E-state index is 0.0442. The van der Waals surface area contributed by atoms with Crippen molar-refractivity contribution in [2.45, 2.75) is 33.3 Å². The number of hydrogen-bond acceptors (Lipinski definition) is 2. The highest BCUT2D eigenvalue weighted by molar-refractivity contribution is 6.31. The molecule has 1 rings (SSSR count). The van der Waals surface area contributed by atoms with Crippen LogP contribution in [-0.2, 0) is 0 Å². The van der Waals surface area contributed by atoms with Crippen molar-refractivity contribution < 1.29 is 14.3 Å². The highest BCUT2D eigenvalue weighted by Crippen LogP contribution is 2.21. The molecule has 0 heterocycles. The van der Waals surface area contributed by atoms with Crippen LogP contribution in [0.15, 0.2) is 18.2 Å². The maximum absolute atomic E-state index is 13.0. The summed E-state index contributed by atoms with van der Waals surface area (Å²) in [6, 6.07) is 3.57. The summed E-state index contributed by atoms with van der Waals surface area (Å²) >= 11 is 5.63. The van der Waals surface area contributed by atoms with Crippen LogP contribution in [0.3, 0.4) is 0 Å². The number of hydrogen-bond donors (Lipinski definition) is 3. The Balaban J connectivity index is 2.49. The molecule has 0 aliphatic rings. The van der Waals surface area contributed by atoms with Crippen LogP contribution in [0.1, 0.15) is 27.2 Å². The van der Waals surface area contributed by atoms with Crippen molar-refractivity contribution >= 4 is 23.3 Å². The molecule has 2 amide bonds. The molecule has 0 aromatic heterocycles. The highest BCUT2D eigenvalue weighted by Gasteiger charge is 2.21. The van der Waals surface area contributed by atoms with Crippen LogP contribution in [0, 0.1) is 11.2 Å². The van der Waals surface area contributed by atoms with Gasteiger partial charge in [-0.05, 0) is 37.0 Å². The largest absolute Gasteiger partial charge is 0.393 e. The monoisotopic (exact) mass is 302 g/mol. The molecule has 1 aromatic carbocycles. The van der Waals surface area contributed by atoms with E-state index in [1.165, 1.54) is 18.2 Å². The van der Waals surface area contributed by atoms with Crippen LogP contribution in [-0.4, -0.2) is 23.8 Å². The van der Waals surface area contributed by atoms with E-state index in [0.29, 0.717) is 18.7 Å². The van der Waals surface area contributed by atoms with Crippen LogP contribution in [0.5, 0.6) is 0 Å². The normalized spacial score (nSPS) is 12.9. The minimum atomic E-state index is -0.532. The van der Waals surface area contributed by atoms with Crippen LogP contribution in [0.25, 0.3) is 0 Å². The van der Waals surface area contributed by atoms with Gasteiger partial charge in [0.05, 0.1) is 11.1 Å². The van der Waals surface area contributed by atoms with E-state index in [2.05, 4.69) is 10.6 Å². The first-order valence-electron chi connectivity index (χ1n) is 6.37. The lowest BCUT2D eigenvalue weighted by Gasteiger charge is -2.26. The summed E-state index contributed by atoms with van der Waals surface area (Å²) in [5, 5.41) is 14.6. The molecule has 0 aliphatic carbocycles. The van der Waals surface area contributed by atoms with E-state index >= 15 is 0 Å². The van der Waals surface area contributed by atoms with E-state index in [9.17, 15) is 14.3 Å². The second-order valence-electron chi connectivity index (χ2n) is 5.65. The van der Waals surface area contributed by atoms with Crippen molar-refractivity contribution in [2.75, 3.05) is 11.9 Å². The van der Waals surface area contributed by atoms with Gasteiger partial charge in [-0.1, -0.05) is 25.4 Å². The molecule has 1 unspecified atom stereocenters. The van der Waals surface area contributed by atoms with Crippen molar-refractivity contribution in [1.29, 1.82) is 0 Å². The van der Waals surface area contributed by atoms with Crippen molar-refractivity contribution in [2.24, 2.45) is 5.41 Å². The number of nitrogens with one attached hydrogen (secondary N) is 2. The second kappa shape index (κ2) is 6.90. The Morgan fingerprint density at radius 2 is 2.15 bits per heavy atom. The van der Waals surface area contributed by atoms with Crippen LogP contribution in [0.2, 0.25) is 5.02 Å². The lowest BCUT2D eigenvalue weighted by Crippen LogP contribution is -2.38. The molecule has 0 spiro atoms. The third kappa shape index (κ3) is 5.75. The van der Waals surface area contributed by atoms with Crippen LogP contribution < -0.4 is 10.6 Å². The molecular weight excluding hydrogens is 283 g/mol. The van der Waals surface area contributed by atoms with Gasteiger partial charge in [0.2, 0.25) is 0 Å². The topological polar surface area (TPSA) is 61.4 Å². The lowest BCUT2D eigenvalue weighted by molar-refractivity contribution is 0.129. The van der Waals surface area contributed by atoms with Crippen molar-refractivity contribution in [3.63, 3.8) is 0 Å². The molecule has 1 atom stereocenters. The van der Waals surface area contributed by atoms with Gasteiger partial charge in [0, 0.05) is 12.2 Å². The van der Waals surface area contributed by atoms with Crippen LogP contribution >= 0.6 is 11.6 Å². The number of carbonyl (C=O) groups is 1. The first-order valence-corrected chi connectivity index (χ1v) is 6.75. The number of aliphatic hydroxyl groups is 1. The third-order valence-corrected chi connectivity index (χ3v) is 3.04. The fraction of sp³-hybridized carbons (Fsp3) is 0.500. The first-order chi connectivity index (χ1) is 9.19. The molecule has 4 nitrogen and oxygen atoms in total. The van der Waals surface area contributed by atoms with Gasteiger partial charge in [0.1, 0.15) is 5.82 Å². The fourth-order valence-corrected chi connectivity index (χ4v) is 2.12. The van der Waals surface area contributed by atoms with Crippen molar-refractivity contribution in [1.82, 2.24) is 5.32 Å².